The van der Waals surface area contributed by atoms with E-state index < -0.39 is 0 Å². The number of methoxy groups -OCH3 is 1. The molecule has 0 unspecified atom stereocenters. The number of halogens is 1. The Labute approximate surface area is 161 Å². The molecule has 0 aliphatic heterocycles. The minimum Gasteiger partial charge on any atom is -0.495 e. The lowest BCUT2D eigenvalue weighted by atomic mass is 10.1. The summed E-state index contributed by atoms with van der Waals surface area (Å²) in [5.74, 6) is 1.09. The number of nitrogens with one attached hydrogen (secondary N) is 1. The van der Waals surface area contributed by atoms with Gasteiger partial charge in [-0.05, 0) is 49.9 Å². The molecule has 1 heterocycles. The fourth-order valence-corrected chi connectivity index (χ4v) is 2.89. The number of nitrogens with zero attached hydrogens (tertiary/aromatic N) is 2. The fraction of sp³-hybridized carbons (Fsp3) is 0.474. The van der Waals surface area contributed by atoms with Crippen LogP contribution in [0.2, 0.25) is 0 Å². The lowest BCUT2D eigenvalue weighted by Gasteiger charge is -2.09. The molecule has 144 valence electrons. The molecule has 26 heavy (non-hydrogen) atoms. The Morgan fingerprint density at radius 2 is 2.04 bits per heavy atom. The van der Waals surface area contributed by atoms with Crippen molar-refractivity contribution in [2.24, 2.45) is 5.92 Å². The van der Waals surface area contributed by atoms with Gasteiger partial charge in [-0.2, -0.15) is 5.10 Å². The van der Waals surface area contributed by atoms with Crippen molar-refractivity contribution in [3.63, 3.8) is 0 Å². The number of aryl methyl sites for hydroxylation is 1. The zero-order chi connectivity index (χ0) is 18.6. The number of hydrogen-bond acceptors (Lipinski definition) is 4. The first-order valence-corrected chi connectivity index (χ1v) is 8.58. The van der Waals surface area contributed by atoms with Crippen molar-refractivity contribution in [3.05, 3.63) is 35.2 Å². The highest BCUT2D eigenvalue weighted by Gasteiger charge is 2.14. The van der Waals surface area contributed by atoms with Crippen LogP contribution in [0.3, 0.4) is 0 Å². The van der Waals surface area contributed by atoms with Gasteiger partial charge in [-0.15, -0.1) is 12.4 Å². The monoisotopic (exact) mass is 380 g/mol. The Balaban J connectivity index is 0.00000338. The van der Waals surface area contributed by atoms with Crippen molar-refractivity contribution < 1.29 is 9.53 Å². The Kier molecular flexibility index (Phi) is 7.96. The van der Waals surface area contributed by atoms with Crippen LogP contribution in [-0.2, 0) is 17.8 Å². The first-order chi connectivity index (χ1) is 11.8. The van der Waals surface area contributed by atoms with Gasteiger partial charge in [0, 0.05) is 24.3 Å². The number of amides is 1. The molecule has 0 radical (unpaired) electrons. The van der Waals surface area contributed by atoms with Crippen LogP contribution in [0.15, 0.2) is 18.2 Å². The van der Waals surface area contributed by atoms with Crippen molar-refractivity contribution in [1.82, 2.24) is 9.78 Å². The number of nitrogens with two attached hydrogens (primary N) is 1. The van der Waals surface area contributed by atoms with Crippen LogP contribution in [0.4, 0.5) is 11.4 Å². The molecule has 0 aliphatic carbocycles. The molecule has 0 atom stereocenters. The highest BCUT2D eigenvalue weighted by molar-refractivity contribution is 5.91. The van der Waals surface area contributed by atoms with Gasteiger partial charge in [0.05, 0.1) is 18.5 Å². The maximum Gasteiger partial charge on any atom is 0.224 e. The molecule has 3 N–H and O–H groups in total. The minimum atomic E-state index is -0.0417. The number of nitrogen functional groups attached to an aromatic ring is 1. The second kappa shape index (κ2) is 9.48. The molecule has 0 saturated heterocycles. The van der Waals surface area contributed by atoms with E-state index in [0.717, 1.165) is 23.5 Å². The average molecular weight is 381 g/mol. The van der Waals surface area contributed by atoms with Crippen molar-refractivity contribution in [2.45, 2.75) is 47.1 Å². The van der Waals surface area contributed by atoms with Crippen LogP contribution in [-0.4, -0.2) is 22.8 Å². The molecule has 6 nitrogen and oxygen atoms in total. The van der Waals surface area contributed by atoms with E-state index in [1.165, 1.54) is 0 Å². The highest BCUT2D eigenvalue weighted by Crippen LogP contribution is 2.25. The third-order valence-corrected chi connectivity index (χ3v) is 4.18. The summed E-state index contributed by atoms with van der Waals surface area (Å²) in [6.45, 7) is 9.30. The molecule has 0 bridgehead atoms. The van der Waals surface area contributed by atoms with Gasteiger partial charge >= 0.3 is 0 Å². The van der Waals surface area contributed by atoms with E-state index in [0.29, 0.717) is 35.9 Å². The van der Waals surface area contributed by atoms with Crippen molar-refractivity contribution in [1.29, 1.82) is 0 Å². The summed E-state index contributed by atoms with van der Waals surface area (Å²) in [5, 5.41) is 7.48. The average Bonchev–Trinajstić information content (AvgIpc) is 2.79. The fourth-order valence-electron chi connectivity index (χ4n) is 2.89. The van der Waals surface area contributed by atoms with E-state index in [1.807, 2.05) is 11.6 Å². The Morgan fingerprint density at radius 3 is 2.62 bits per heavy atom. The van der Waals surface area contributed by atoms with Crippen LogP contribution >= 0.6 is 12.4 Å². The van der Waals surface area contributed by atoms with Gasteiger partial charge in [0.15, 0.2) is 0 Å². The normalized spacial score (nSPS) is 10.5. The first-order valence-electron chi connectivity index (χ1n) is 8.58. The largest absolute Gasteiger partial charge is 0.495 e. The minimum absolute atomic E-state index is 0. The van der Waals surface area contributed by atoms with E-state index in [-0.39, 0.29) is 18.3 Å². The second-order valence-corrected chi connectivity index (χ2v) is 6.73. The Bertz CT molecular complexity index is 756. The summed E-state index contributed by atoms with van der Waals surface area (Å²) in [6, 6.07) is 5.23. The Morgan fingerprint density at radius 1 is 1.35 bits per heavy atom. The SMILES string of the molecule is COc1ccc(NC(=O)CCc2c(C)nn(CC(C)C)c2C)cc1N.Cl. The number of aromatic nitrogens is 2. The van der Waals surface area contributed by atoms with E-state index in [4.69, 9.17) is 10.5 Å². The number of hydrogen-bond donors (Lipinski definition) is 2. The van der Waals surface area contributed by atoms with E-state index in [9.17, 15) is 4.79 Å². The molecule has 1 aromatic heterocycles. The topological polar surface area (TPSA) is 82.2 Å². The maximum atomic E-state index is 12.2. The zero-order valence-electron chi connectivity index (χ0n) is 16.1. The first kappa shape index (κ1) is 21.8. The summed E-state index contributed by atoms with van der Waals surface area (Å²) in [4.78, 5) is 12.2. The quantitative estimate of drug-likeness (QED) is 0.717. The molecule has 0 saturated carbocycles. The predicted octanol–water partition coefficient (Wildman–Crippen LogP) is 3.74. The van der Waals surface area contributed by atoms with Crippen molar-refractivity contribution in [3.8, 4) is 5.75 Å². The molecule has 0 aliphatic rings. The number of benzene rings is 1. The molecule has 2 rings (SSSR count). The molecule has 1 aromatic carbocycles. The maximum absolute atomic E-state index is 12.2. The van der Waals surface area contributed by atoms with Gasteiger partial charge in [0.25, 0.3) is 0 Å². The molecule has 0 spiro atoms. The summed E-state index contributed by atoms with van der Waals surface area (Å²) in [6.07, 6.45) is 1.08. The zero-order valence-corrected chi connectivity index (χ0v) is 16.9. The van der Waals surface area contributed by atoms with Crippen LogP contribution in [0.1, 0.15) is 37.2 Å². The van der Waals surface area contributed by atoms with Gasteiger partial charge in [-0.25, -0.2) is 0 Å². The van der Waals surface area contributed by atoms with Crippen LogP contribution in [0.5, 0.6) is 5.75 Å². The molecular weight excluding hydrogens is 352 g/mol. The van der Waals surface area contributed by atoms with E-state index >= 15 is 0 Å². The van der Waals surface area contributed by atoms with Crippen molar-refractivity contribution in [2.75, 3.05) is 18.2 Å². The van der Waals surface area contributed by atoms with Gasteiger partial charge in [-0.1, -0.05) is 13.8 Å². The number of carbonyl (C=O) groups is 1. The predicted molar refractivity (Wildman–Crippen MR) is 108 cm³/mol. The van der Waals surface area contributed by atoms with Crippen LogP contribution in [0, 0.1) is 19.8 Å². The van der Waals surface area contributed by atoms with Gasteiger partial charge in [0.2, 0.25) is 5.91 Å². The summed E-state index contributed by atoms with van der Waals surface area (Å²) >= 11 is 0. The van der Waals surface area contributed by atoms with Gasteiger partial charge in [0.1, 0.15) is 5.75 Å². The molecule has 7 heteroatoms. The second-order valence-electron chi connectivity index (χ2n) is 6.73. The van der Waals surface area contributed by atoms with E-state index in [2.05, 4.69) is 31.2 Å². The van der Waals surface area contributed by atoms with Gasteiger partial charge in [-0.3, -0.25) is 9.48 Å². The summed E-state index contributed by atoms with van der Waals surface area (Å²) < 4.78 is 7.16. The van der Waals surface area contributed by atoms with Gasteiger partial charge < -0.3 is 15.8 Å². The third-order valence-electron chi connectivity index (χ3n) is 4.18. The van der Waals surface area contributed by atoms with E-state index in [1.54, 1.807) is 25.3 Å². The molecular formula is C19H29ClN4O2. The number of carbonyl (C=O) groups excluding carboxylic acids is 1. The standard InChI is InChI=1S/C19H28N4O2.ClH/c1-12(2)11-23-14(4)16(13(3)22-23)7-9-19(24)21-15-6-8-18(25-5)17(20)10-15;/h6,8,10,12H,7,9,11,20H2,1-5H3,(H,21,24);1H. The lowest BCUT2D eigenvalue weighted by Crippen LogP contribution is -2.13. The third kappa shape index (κ3) is 5.39. The van der Waals surface area contributed by atoms with Crippen LogP contribution < -0.4 is 15.8 Å². The molecule has 0 fully saturated rings. The van der Waals surface area contributed by atoms with Crippen LogP contribution in [0.25, 0.3) is 0 Å². The highest BCUT2D eigenvalue weighted by atomic mass is 35.5. The summed E-state index contributed by atoms with van der Waals surface area (Å²) in [7, 11) is 1.56. The summed E-state index contributed by atoms with van der Waals surface area (Å²) in [5.41, 5.74) is 10.3. The number of anilines is 2. The Hall–Kier alpha value is -2.21. The number of rotatable bonds is 7. The number of ether oxygens (including phenoxy) is 1. The smallest absolute Gasteiger partial charge is 0.224 e. The lowest BCUT2D eigenvalue weighted by molar-refractivity contribution is -0.116. The molecule has 1 amide bonds. The molecule has 2 aromatic rings. The van der Waals surface area contributed by atoms with Crippen molar-refractivity contribution >= 4 is 29.7 Å².